The standard InChI is InChI=1S/C22H20Cl2N2O8/c1-26-13-7-6-9(23)8-11(13)14(10-4-2-3-5-12(10)24)25-19(20(26)30)34-22-17(29)15(27)16(28)18(33-22)21(31)32/h2-8,15-19,22,27-29H,1H3,(H,31,32)/t15-,16-,17+,18-,19?,22-/m0/s1. The lowest BCUT2D eigenvalue weighted by Gasteiger charge is -2.39. The highest BCUT2D eigenvalue weighted by Gasteiger charge is 2.49. The summed E-state index contributed by atoms with van der Waals surface area (Å²) in [7, 11) is 1.48. The van der Waals surface area contributed by atoms with Crippen LogP contribution in [0.3, 0.4) is 0 Å². The Morgan fingerprint density at radius 1 is 1.06 bits per heavy atom. The fourth-order valence-electron chi connectivity index (χ4n) is 3.76. The molecule has 2 heterocycles. The topological polar surface area (TPSA) is 149 Å². The van der Waals surface area contributed by atoms with Crippen LogP contribution in [0.2, 0.25) is 10.0 Å². The van der Waals surface area contributed by atoms with Gasteiger partial charge in [0.25, 0.3) is 5.91 Å². The molecular formula is C22H20Cl2N2O8. The number of rotatable bonds is 4. The molecule has 0 bridgehead atoms. The number of aliphatic hydroxyl groups excluding tert-OH is 3. The second-order valence-electron chi connectivity index (χ2n) is 7.74. The number of likely N-dealkylation sites (N-methyl/N-ethyl adjacent to an activating group) is 1. The lowest BCUT2D eigenvalue weighted by Crippen LogP contribution is -2.61. The second-order valence-corrected chi connectivity index (χ2v) is 8.58. The third kappa shape index (κ3) is 4.41. The molecule has 2 aliphatic rings. The molecule has 1 saturated heterocycles. The number of hydrogen-bond acceptors (Lipinski definition) is 8. The molecule has 0 saturated carbocycles. The number of carbonyl (C=O) groups excluding carboxylic acids is 1. The van der Waals surface area contributed by atoms with Crippen molar-refractivity contribution >= 4 is 46.5 Å². The minimum absolute atomic E-state index is 0.256. The third-order valence-electron chi connectivity index (χ3n) is 5.57. The van der Waals surface area contributed by atoms with Crippen molar-refractivity contribution in [3.8, 4) is 0 Å². The molecule has 34 heavy (non-hydrogen) atoms. The number of aliphatic carboxylic acids is 1. The smallest absolute Gasteiger partial charge is 0.335 e. The van der Waals surface area contributed by atoms with E-state index in [0.29, 0.717) is 26.9 Å². The van der Waals surface area contributed by atoms with Gasteiger partial charge >= 0.3 is 5.97 Å². The first-order valence-corrected chi connectivity index (χ1v) is 10.8. The van der Waals surface area contributed by atoms with Crippen molar-refractivity contribution in [2.45, 2.75) is 36.9 Å². The SMILES string of the molecule is CN1C(=O)C(O[C@@H]2O[C@H](C(=O)O)[C@@H](O)[C@H](O)[C@H]2O)N=C(c2ccccc2Cl)c2cc(Cl)ccc21. The van der Waals surface area contributed by atoms with E-state index in [0.717, 1.165) is 0 Å². The van der Waals surface area contributed by atoms with Crippen LogP contribution >= 0.6 is 23.2 Å². The summed E-state index contributed by atoms with van der Waals surface area (Å²) in [4.78, 5) is 30.4. The average molecular weight is 511 g/mol. The number of carboxylic acids is 1. The Kier molecular flexibility index (Phi) is 6.92. The zero-order valence-electron chi connectivity index (χ0n) is 17.6. The summed E-state index contributed by atoms with van der Waals surface area (Å²) in [5.41, 5.74) is 1.65. The number of carbonyl (C=O) groups is 2. The van der Waals surface area contributed by atoms with Crippen LogP contribution in [0.1, 0.15) is 11.1 Å². The van der Waals surface area contributed by atoms with Crippen molar-refractivity contribution in [2.75, 3.05) is 11.9 Å². The van der Waals surface area contributed by atoms with Gasteiger partial charge in [0, 0.05) is 28.2 Å². The summed E-state index contributed by atoms with van der Waals surface area (Å²) in [5.74, 6) is -2.26. The number of halogens is 2. The summed E-state index contributed by atoms with van der Waals surface area (Å²) >= 11 is 12.6. The number of aliphatic hydroxyl groups is 3. The van der Waals surface area contributed by atoms with E-state index in [1.54, 1.807) is 42.5 Å². The first-order valence-electron chi connectivity index (χ1n) is 10.1. The summed E-state index contributed by atoms with van der Waals surface area (Å²) < 4.78 is 10.8. The van der Waals surface area contributed by atoms with E-state index in [9.17, 15) is 30.0 Å². The fourth-order valence-corrected chi connectivity index (χ4v) is 4.16. The van der Waals surface area contributed by atoms with Crippen molar-refractivity contribution in [1.82, 2.24) is 0 Å². The van der Waals surface area contributed by atoms with Crippen molar-refractivity contribution in [1.29, 1.82) is 0 Å². The van der Waals surface area contributed by atoms with Gasteiger partial charge in [0.2, 0.25) is 6.23 Å². The molecule has 2 aliphatic heterocycles. The van der Waals surface area contributed by atoms with E-state index in [2.05, 4.69) is 4.99 Å². The maximum Gasteiger partial charge on any atom is 0.335 e. The Labute approximate surface area is 203 Å². The Morgan fingerprint density at radius 2 is 1.76 bits per heavy atom. The van der Waals surface area contributed by atoms with Crippen LogP contribution in [-0.4, -0.2) is 82.0 Å². The molecule has 10 nitrogen and oxygen atoms in total. The number of amides is 1. The van der Waals surface area contributed by atoms with Crippen LogP contribution < -0.4 is 4.90 Å². The lowest BCUT2D eigenvalue weighted by molar-refractivity contribution is -0.300. The molecule has 1 amide bonds. The average Bonchev–Trinajstić information content (AvgIpc) is 2.89. The normalized spacial score (nSPS) is 29.3. The summed E-state index contributed by atoms with van der Waals surface area (Å²) in [5, 5.41) is 40.3. The number of carboxylic acid groups (broad SMARTS) is 1. The molecule has 4 rings (SSSR count). The summed E-state index contributed by atoms with van der Waals surface area (Å²) in [6.45, 7) is 0. The highest BCUT2D eigenvalue weighted by Crippen LogP contribution is 2.33. The van der Waals surface area contributed by atoms with Gasteiger partial charge in [-0.05, 0) is 24.3 Å². The van der Waals surface area contributed by atoms with Crippen LogP contribution in [0.4, 0.5) is 5.69 Å². The summed E-state index contributed by atoms with van der Waals surface area (Å²) in [6.07, 6.45) is -11.0. The molecular weight excluding hydrogens is 491 g/mol. The lowest BCUT2D eigenvalue weighted by atomic mass is 9.99. The number of fused-ring (bicyclic) bond motifs is 1. The van der Waals surface area contributed by atoms with Gasteiger partial charge in [-0.3, -0.25) is 4.79 Å². The van der Waals surface area contributed by atoms with Gasteiger partial charge < -0.3 is 34.8 Å². The van der Waals surface area contributed by atoms with Crippen molar-refractivity contribution in [2.24, 2.45) is 4.99 Å². The molecule has 1 fully saturated rings. The minimum Gasteiger partial charge on any atom is -0.479 e. The molecule has 1 unspecified atom stereocenters. The first kappa shape index (κ1) is 24.6. The van der Waals surface area contributed by atoms with Crippen molar-refractivity contribution in [3.05, 3.63) is 63.6 Å². The number of aliphatic imine (C=N–C) groups is 1. The first-order chi connectivity index (χ1) is 16.1. The van der Waals surface area contributed by atoms with Gasteiger partial charge in [-0.25, -0.2) is 9.79 Å². The van der Waals surface area contributed by atoms with Crippen LogP contribution in [0.5, 0.6) is 0 Å². The molecule has 0 radical (unpaired) electrons. The molecule has 12 heteroatoms. The van der Waals surface area contributed by atoms with Gasteiger partial charge in [0.15, 0.2) is 12.4 Å². The monoisotopic (exact) mass is 510 g/mol. The number of ether oxygens (including phenoxy) is 2. The molecule has 2 aromatic carbocycles. The quantitative estimate of drug-likeness (QED) is 0.476. The Hall–Kier alpha value is -2.57. The Bertz CT molecular complexity index is 1160. The fraction of sp³-hybridized carbons (Fsp3) is 0.318. The van der Waals surface area contributed by atoms with Gasteiger partial charge in [0.1, 0.15) is 18.3 Å². The van der Waals surface area contributed by atoms with E-state index in [4.69, 9.17) is 32.7 Å². The largest absolute Gasteiger partial charge is 0.479 e. The number of benzodiazepines with no additional fused rings is 1. The van der Waals surface area contributed by atoms with Gasteiger partial charge in [-0.2, -0.15) is 0 Å². The Morgan fingerprint density at radius 3 is 2.44 bits per heavy atom. The van der Waals surface area contributed by atoms with E-state index in [1.807, 2.05) is 0 Å². The van der Waals surface area contributed by atoms with E-state index < -0.39 is 48.8 Å². The molecule has 4 N–H and O–H groups in total. The van der Waals surface area contributed by atoms with E-state index in [-0.39, 0.29) is 5.71 Å². The second kappa shape index (κ2) is 9.59. The molecule has 0 spiro atoms. The van der Waals surface area contributed by atoms with Crippen molar-refractivity contribution < 1.29 is 39.5 Å². The predicted octanol–water partition coefficient (Wildman–Crippen LogP) is 1.04. The maximum atomic E-state index is 13.3. The third-order valence-corrected chi connectivity index (χ3v) is 6.13. The molecule has 0 aromatic heterocycles. The van der Waals surface area contributed by atoms with E-state index in [1.165, 1.54) is 11.9 Å². The molecule has 180 valence electrons. The van der Waals surface area contributed by atoms with Crippen LogP contribution in [0, 0.1) is 0 Å². The number of anilines is 1. The van der Waals surface area contributed by atoms with Gasteiger partial charge in [-0.1, -0.05) is 41.4 Å². The van der Waals surface area contributed by atoms with Crippen LogP contribution in [0.25, 0.3) is 0 Å². The number of benzene rings is 2. The van der Waals surface area contributed by atoms with Crippen LogP contribution in [-0.2, 0) is 19.1 Å². The zero-order valence-corrected chi connectivity index (χ0v) is 19.1. The van der Waals surface area contributed by atoms with Gasteiger partial charge in [-0.15, -0.1) is 0 Å². The van der Waals surface area contributed by atoms with Gasteiger partial charge in [0.05, 0.1) is 11.4 Å². The van der Waals surface area contributed by atoms with Crippen molar-refractivity contribution in [3.63, 3.8) is 0 Å². The predicted molar refractivity (Wildman–Crippen MR) is 121 cm³/mol. The highest BCUT2D eigenvalue weighted by molar-refractivity contribution is 6.37. The van der Waals surface area contributed by atoms with E-state index >= 15 is 0 Å². The zero-order chi connectivity index (χ0) is 24.7. The van der Waals surface area contributed by atoms with Crippen LogP contribution in [0.15, 0.2) is 47.5 Å². The number of hydrogen-bond donors (Lipinski definition) is 4. The molecule has 2 aromatic rings. The molecule has 0 aliphatic carbocycles. The molecule has 6 atom stereocenters. The minimum atomic E-state index is -1.91. The summed E-state index contributed by atoms with van der Waals surface area (Å²) in [6, 6.07) is 11.6. The highest BCUT2D eigenvalue weighted by atomic mass is 35.5. The maximum absolute atomic E-state index is 13.3. The Balaban J connectivity index is 1.79. The number of nitrogens with zero attached hydrogens (tertiary/aromatic N) is 2.